The Hall–Kier alpha value is -6.63. The predicted molar refractivity (Wildman–Crippen MR) is 262 cm³/mol. The third kappa shape index (κ3) is 9.72. The van der Waals surface area contributed by atoms with Gasteiger partial charge in [0, 0.05) is 61.9 Å². The fourth-order valence-corrected chi connectivity index (χ4v) is 12.7. The van der Waals surface area contributed by atoms with Crippen LogP contribution in [0.5, 0.6) is 5.75 Å². The summed E-state index contributed by atoms with van der Waals surface area (Å²) in [7, 11) is -6.68. The van der Waals surface area contributed by atoms with E-state index in [0.717, 1.165) is 61.8 Å². The van der Waals surface area contributed by atoms with Gasteiger partial charge < -0.3 is 33.1 Å². The van der Waals surface area contributed by atoms with E-state index in [4.69, 9.17) is 19.0 Å². The van der Waals surface area contributed by atoms with Gasteiger partial charge >= 0.3 is 6.36 Å². The third-order valence-corrected chi connectivity index (χ3v) is 16.7. The summed E-state index contributed by atoms with van der Waals surface area (Å²) < 4.78 is 109. The molecule has 24 heteroatoms. The number of sulfonamides is 2. The van der Waals surface area contributed by atoms with Crippen molar-refractivity contribution in [1.82, 2.24) is 43.3 Å². The van der Waals surface area contributed by atoms with Crippen LogP contribution in [0, 0.1) is 27.7 Å². The summed E-state index contributed by atoms with van der Waals surface area (Å²) in [6.07, 6.45) is 0.480. The maximum atomic E-state index is 13.2. The number of carbonyl (C=O) groups excluding carboxylic acids is 2. The number of ether oxygens (including phenoxy) is 1. The first-order valence-electron chi connectivity index (χ1n) is 23.8. The Morgan fingerprint density at radius 3 is 1.68 bits per heavy atom. The highest BCUT2D eigenvalue weighted by Gasteiger charge is 2.41. The van der Waals surface area contributed by atoms with Gasteiger partial charge in [0.05, 0.1) is 70.1 Å². The summed E-state index contributed by atoms with van der Waals surface area (Å²) in [6.45, 7) is 8.92. The predicted octanol–water partition coefficient (Wildman–Crippen LogP) is 7.75. The Kier molecular flexibility index (Phi) is 12.8. The van der Waals surface area contributed by atoms with Crippen molar-refractivity contribution in [3.63, 3.8) is 0 Å². The number of aromatic nitrogens is 6. The quantitative estimate of drug-likeness (QED) is 0.139. The molecule has 73 heavy (non-hydrogen) atoms. The van der Waals surface area contributed by atoms with Gasteiger partial charge in [0.15, 0.2) is 0 Å². The molecule has 4 fully saturated rings. The Bertz CT molecular complexity index is 3510. The summed E-state index contributed by atoms with van der Waals surface area (Å²) in [5.74, 6) is 2.05. The fourth-order valence-electron chi connectivity index (χ4n) is 10.9. The Morgan fingerprint density at radius 1 is 0.685 bits per heavy atom. The van der Waals surface area contributed by atoms with E-state index in [1.165, 1.54) is 44.2 Å². The van der Waals surface area contributed by atoms with Crippen LogP contribution in [-0.2, 0) is 29.6 Å². The smallest absolute Gasteiger partial charge is 0.406 e. The van der Waals surface area contributed by atoms with Crippen molar-refractivity contribution >= 4 is 59.6 Å². The molecule has 4 saturated heterocycles. The number of hydrogen-bond donors (Lipinski definition) is 1. The van der Waals surface area contributed by atoms with Crippen molar-refractivity contribution in [2.24, 2.45) is 0 Å². The van der Waals surface area contributed by atoms with Crippen LogP contribution in [0.3, 0.4) is 0 Å². The molecule has 11 rings (SSSR count). The van der Waals surface area contributed by atoms with E-state index >= 15 is 0 Å². The molecule has 8 heterocycles. The van der Waals surface area contributed by atoms with Crippen LogP contribution in [-0.4, -0.2) is 112 Å². The molecule has 4 aliphatic heterocycles. The second kappa shape index (κ2) is 18.7. The number of aryl methyl sites for hydroxylation is 4. The zero-order chi connectivity index (χ0) is 51.9. The van der Waals surface area contributed by atoms with E-state index in [0.29, 0.717) is 68.8 Å². The normalized spacial score (nSPS) is 21.2. The molecule has 7 aromatic rings. The van der Waals surface area contributed by atoms with Crippen molar-refractivity contribution in [3.05, 3.63) is 95.2 Å². The first-order chi connectivity index (χ1) is 34.5. The van der Waals surface area contributed by atoms with Crippen LogP contribution in [0.25, 0.3) is 44.3 Å². The average Bonchev–Trinajstić information content (AvgIpc) is 4.18. The lowest BCUT2D eigenvalue weighted by atomic mass is 10.0. The van der Waals surface area contributed by atoms with E-state index in [9.17, 15) is 39.6 Å². The number of anilines is 1. The molecular weight excluding hydrogens is 994 g/mol. The lowest BCUT2D eigenvalue weighted by molar-refractivity contribution is -0.274. The number of carbonyl (C=O) groups is 2. The second-order valence-electron chi connectivity index (χ2n) is 19.1. The molecule has 4 aromatic heterocycles. The van der Waals surface area contributed by atoms with E-state index in [1.54, 1.807) is 6.07 Å². The highest BCUT2D eigenvalue weighted by Crippen LogP contribution is 2.43. The molecule has 2 amide bonds. The van der Waals surface area contributed by atoms with Crippen LogP contribution in [0.15, 0.2) is 69.7 Å². The molecule has 0 aliphatic carbocycles. The maximum absolute atomic E-state index is 13.2. The lowest BCUT2D eigenvalue weighted by Crippen LogP contribution is -2.31. The van der Waals surface area contributed by atoms with Gasteiger partial charge in [-0.3, -0.25) is 9.59 Å². The molecule has 0 spiro atoms. The molecule has 386 valence electrons. The number of nitrogens with zero attached hydrogens (tertiary/aromatic N) is 9. The van der Waals surface area contributed by atoms with E-state index in [1.807, 2.05) is 68.7 Å². The van der Waals surface area contributed by atoms with Crippen molar-refractivity contribution in [3.8, 4) is 28.0 Å². The monoisotopic (exact) mass is 1050 g/mol. The second-order valence-corrected chi connectivity index (χ2v) is 23.1. The number of imidazole rings is 2. The minimum absolute atomic E-state index is 0.0178. The van der Waals surface area contributed by atoms with Crippen LogP contribution < -0.4 is 15.0 Å². The number of nitrogens with one attached hydrogen (secondary N) is 1. The van der Waals surface area contributed by atoms with Gasteiger partial charge in [-0.2, -0.15) is 0 Å². The van der Waals surface area contributed by atoms with Crippen molar-refractivity contribution in [2.45, 2.75) is 96.7 Å². The molecule has 1 N–H and O–H groups in total. The topological polar surface area (TPSA) is 221 Å². The zero-order valence-corrected chi connectivity index (χ0v) is 42.4. The van der Waals surface area contributed by atoms with Gasteiger partial charge in [0.1, 0.15) is 28.9 Å². The number of alkyl halides is 3. The summed E-state index contributed by atoms with van der Waals surface area (Å²) in [5, 5.41) is 11.1. The molecule has 0 radical (unpaired) electrons. The molecule has 0 saturated carbocycles. The standard InChI is InChI=1S/C28H28F3N5O5S.C21H25N5O4S/c1-16-26(17(2)41-33-16)18-7-8-23-22(13-18)32-27(36(23)20-11-12-34(15-20)42(3,38)39)24-9-10-25(37)35(24)19-5-4-6-21(14-19)40-28(29,30)31;1-12-20(13(2)30-24-12)14-4-6-18-17(10-14)23-21(16-5-7-19(27)22-16)26(18)15-8-9-25(11-15)31(3,28)29/h4-8,13-14,20,24H,9-12,15H2,1-3H3;4,6,10,15-16H,5,7-9,11H2,1-3H3,(H,22,27)/t20-,24+;15-,16+/m11/s1. The highest BCUT2D eigenvalue weighted by molar-refractivity contribution is 7.88. The summed E-state index contributed by atoms with van der Waals surface area (Å²) >= 11 is 0. The van der Waals surface area contributed by atoms with Gasteiger partial charge in [-0.1, -0.05) is 28.5 Å². The van der Waals surface area contributed by atoms with Crippen molar-refractivity contribution in [2.75, 3.05) is 43.6 Å². The summed E-state index contributed by atoms with van der Waals surface area (Å²) in [4.78, 5) is 36.4. The Balaban J connectivity index is 0.000000175. The van der Waals surface area contributed by atoms with Gasteiger partial charge in [-0.25, -0.2) is 35.4 Å². The first kappa shape index (κ1) is 49.9. The van der Waals surface area contributed by atoms with Gasteiger partial charge in [0.25, 0.3) is 0 Å². The van der Waals surface area contributed by atoms with E-state index in [-0.39, 0.29) is 48.6 Å². The molecule has 0 unspecified atom stereocenters. The molecule has 4 atom stereocenters. The van der Waals surface area contributed by atoms with Crippen LogP contribution in [0.4, 0.5) is 18.9 Å². The Labute approximate surface area is 418 Å². The van der Waals surface area contributed by atoms with Gasteiger partial charge in [0.2, 0.25) is 31.9 Å². The molecule has 3 aromatic carbocycles. The molecular formula is C49H53F3N10O9S2. The number of fused-ring (bicyclic) bond motifs is 2. The fraction of sp³-hybridized carbons (Fsp3) is 0.429. The van der Waals surface area contributed by atoms with E-state index in [2.05, 4.69) is 24.9 Å². The minimum atomic E-state index is -4.88. The minimum Gasteiger partial charge on any atom is -0.406 e. The zero-order valence-electron chi connectivity index (χ0n) is 40.8. The highest BCUT2D eigenvalue weighted by atomic mass is 32.2. The van der Waals surface area contributed by atoms with Crippen LogP contribution >= 0.6 is 0 Å². The third-order valence-electron chi connectivity index (χ3n) is 14.1. The summed E-state index contributed by atoms with van der Waals surface area (Å²) in [5.41, 5.74) is 8.55. The average molecular weight is 1050 g/mol. The van der Waals surface area contributed by atoms with E-state index < -0.39 is 38.2 Å². The molecule has 19 nitrogen and oxygen atoms in total. The first-order valence-corrected chi connectivity index (χ1v) is 27.5. The Morgan fingerprint density at radius 2 is 1.22 bits per heavy atom. The van der Waals surface area contributed by atoms with Crippen LogP contribution in [0.2, 0.25) is 0 Å². The number of rotatable bonds is 10. The van der Waals surface area contributed by atoms with Gasteiger partial charge in [-0.15, -0.1) is 13.2 Å². The molecule has 4 aliphatic rings. The van der Waals surface area contributed by atoms with Crippen molar-refractivity contribution in [1.29, 1.82) is 0 Å². The SMILES string of the molecule is Cc1noc(C)c1-c1ccc2c(c1)nc([C@@H]1CCC(=O)N1)n2[C@@H]1CCN(S(C)(=O)=O)C1.Cc1noc(C)c1-c1ccc2c(c1)nc([C@@H]1CCC(=O)N1c1cccc(OC(F)(F)F)c1)n2[C@@H]1CCN(S(C)(=O)=O)C1. The number of amides is 2. The van der Waals surface area contributed by atoms with Crippen LogP contribution in [0.1, 0.15) is 97.2 Å². The lowest BCUT2D eigenvalue weighted by Gasteiger charge is -2.27. The summed E-state index contributed by atoms with van der Waals surface area (Å²) in [6, 6.07) is 16.1. The van der Waals surface area contributed by atoms with Crippen molar-refractivity contribution < 1.29 is 53.4 Å². The maximum Gasteiger partial charge on any atom is 0.573 e. The number of benzene rings is 3. The molecule has 0 bridgehead atoms. The van der Waals surface area contributed by atoms with Gasteiger partial charge in [-0.05, 0) is 101 Å². The largest absolute Gasteiger partial charge is 0.573 e. The number of halogens is 3. The number of hydrogen-bond acceptors (Lipinski definition) is 13.